The van der Waals surface area contributed by atoms with Crippen LogP contribution in [-0.4, -0.2) is 0 Å². The zero-order valence-corrected chi connectivity index (χ0v) is 12.0. The van der Waals surface area contributed by atoms with E-state index in [1.54, 1.807) is 6.07 Å². The molecule has 20 heavy (non-hydrogen) atoms. The van der Waals surface area contributed by atoms with Crippen LogP contribution in [-0.2, 0) is 12.6 Å². The highest BCUT2D eigenvalue weighted by Gasteiger charge is 2.30. The van der Waals surface area contributed by atoms with Crippen LogP contribution in [0.4, 0.5) is 13.2 Å². The fourth-order valence-electron chi connectivity index (χ4n) is 2.79. The van der Waals surface area contributed by atoms with Gasteiger partial charge in [0.2, 0.25) is 0 Å². The Balaban J connectivity index is 2.21. The predicted octanol–water partition coefficient (Wildman–Crippen LogP) is 5.55. The average molecular weight is 280 g/mol. The molecule has 0 aromatic heterocycles. The lowest BCUT2D eigenvalue weighted by atomic mass is 9.81. The van der Waals surface area contributed by atoms with Crippen molar-refractivity contribution in [2.75, 3.05) is 0 Å². The molecule has 0 radical (unpaired) electrons. The maximum atomic E-state index is 12.7. The van der Waals surface area contributed by atoms with E-state index in [0.29, 0.717) is 12.3 Å². The van der Waals surface area contributed by atoms with Crippen molar-refractivity contribution in [3.8, 4) is 0 Å². The van der Waals surface area contributed by atoms with Gasteiger partial charge in [-0.15, -0.1) is 0 Å². The van der Waals surface area contributed by atoms with Gasteiger partial charge in [0.25, 0.3) is 0 Å². The number of hydrogen-bond acceptors (Lipinski definition) is 0. The molecule has 0 spiro atoms. The van der Waals surface area contributed by atoms with E-state index < -0.39 is 11.7 Å². The summed E-state index contributed by atoms with van der Waals surface area (Å²) < 4.78 is 38.2. The Kier molecular flexibility index (Phi) is 4.07. The van der Waals surface area contributed by atoms with Crippen molar-refractivity contribution < 1.29 is 13.2 Å². The van der Waals surface area contributed by atoms with Crippen LogP contribution in [0.3, 0.4) is 0 Å². The first kappa shape index (κ1) is 14.9. The highest BCUT2D eigenvalue weighted by molar-refractivity contribution is 5.34. The van der Waals surface area contributed by atoms with E-state index in [9.17, 15) is 13.2 Å². The molecule has 0 heterocycles. The van der Waals surface area contributed by atoms with E-state index in [1.807, 2.05) is 0 Å². The van der Waals surface area contributed by atoms with Gasteiger partial charge in [-0.25, -0.2) is 0 Å². The molecule has 0 bridgehead atoms. The summed E-state index contributed by atoms with van der Waals surface area (Å²) in [7, 11) is 0. The molecule has 1 atom stereocenters. The minimum Gasteiger partial charge on any atom is -0.166 e. The maximum absolute atomic E-state index is 12.7. The van der Waals surface area contributed by atoms with E-state index >= 15 is 0 Å². The zero-order valence-electron chi connectivity index (χ0n) is 12.0. The summed E-state index contributed by atoms with van der Waals surface area (Å²) in [6, 6.07) is 5.68. The van der Waals surface area contributed by atoms with E-state index in [1.165, 1.54) is 28.9 Å². The van der Waals surface area contributed by atoms with Gasteiger partial charge < -0.3 is 0 Å². The molecule has 1 unspecified atom stereocenters. The van der Waals surface area contributed by atoms with Gasteiger partial charge in [0, 0.05) is 0 Å². The van der Waals surface area contributed by atoms with Crippen LogP contribution >= 0.6 is 0 Å². The normalized spacial score (nSPS) is 20.1. The molecule has 0 nitrogen and oxygen atoms in total. The molecule has 0 amide bonds. The third-order valence-electron chi connectivity index (χ3n) is 4.00. The fourth-order valence-corrected chi connectivity index (χ4v) is 2.79. The Bertz CT molecular complexity index is 562. The molecule has 0 saturated carbocycles. The Hall–Kier alpha value is -1.51. The van der Waals surface area contributed by atoms with Crippen LogP contribution < -0.4 is 0 Å². The van der Waals surface area contributed by atoms with Gasteiger partial charge in [0.15, 0.2) is 0 Å². The SMILES string of the molecule is CC1=CC(C)=C(C)C(Cc2cccc(C(F)(F)F)c2)C1. The molecule has 1 aliphatic carbocycles. The molecule has 3 heteroatoms. The second-order valence-corrected chi connectivity index (χ2v) is 5.66. The zero-order chi connectivity index (χ0) is 14.9. The number of allylic oxidation sites excluding steroid dienone is 4. The largest absolute Gasteiger partial charge is 0.416 e. The van der Waals surface area contributed by atoms with Gasteiger partial charge >= 0.3 is 6.18 Å². The van der Waals surface area contributed by atoms with Crippen molar-refractivity contribution in [2.24, 2.45) is 5.92 Å². The number of benzene rings is 1. The predicted molar refractivity (Wildman–Crippen MR) is 75.4 cm³/mol. The molecule has 0 saturated heterocycles. The van der Waals surface area contributed by atoms with Crippen molar-refractivity contribution in [2.45, 2.75) is 39.8 Å². The Labute approximate surface area is 118 Å². The molecule has 0 fully saturated rings. The molecular weight excluding hydrogens is 261 g/mol. The smallest absolute Gasteiger partial charge is 0.166 e. The topological polar surface area (TPSA) is 0 Å². The van der Waals surface area contributed by atoms with Gasteiger partial charge in [0.1, 0.15) is 0 Å². The molecular formula is C17H19F3. The average Bonchev–Trinajstić information content (AvgIpc) is 2.35. The molecule has 0 aliphatic heterocycles. The first-order chi connectivity index (χ1) is 9.27. The molecule has 108 valence electrons. The van der Waals surface area contributed by atoms with Crippen LogP contribution in [0, 0.1) is 5.92 Å². The summed E-state index contributed by atoms with van der Waals surface area (Å²) in [4.78, 5) is 0. The van der Waals surface area contributed by atoms with Crippen LogP contribution in [0.1, 0.15) is 38.3 Å². The summed E-state index contributed by atoms with van der Waals surface area (Å²) in [5.74, 6) is 0.309. The second kappa shape index (κ2) is 5.47. The van der Waals surface area contributed by atoms with Crippen molar-refractivity contribution >= 4 is 0 Å². The minimum absolute atomic E-state index is 0.309. The van der Waals surface area contributed by atoms with Crippen LogP contribution in [0.2, 0.25) is 0 Å². The number of hydrogen-bond donors (Lipinski definition) is 0. The first-order valence-corrected chi connectivity index (χ1v) is 6.78. The standard InChI is InChI=1S/C17H19F3/c1-11-7-12(2)13(3)15(8-11)9-14-5-4-6-16(10-14)17(18,19)20/h4-7,10,15H,8-9H2,1-3H3. The van der Waals surface area contributed by atoms with E-state index in [4.69, 9.17) is 0 Å². The highest BCUT2D eigenvalue weighted by atomic mass is 19.4. The molecule has 1 aromatic rings. The third kappa shape index (κ3) is 3.33. The quantitative estimate of drug-likeness (QED) is 0.666. The van der Waals surface area contributed by atoms with Crippen molar-refractivity contribution in [3.63, 3.8) is 0 Å². The number of halogens is 3. The van der Waals surface area contributed by atoms with E-state index in [0.717, 1.165) is 18.1 Å². The van der Waals surface area contributed by atoms with Crippen molar-refractivity contribution in [1.82, 2.24) is 0 Å². The molecule has 2 rings (SSSR count). The van der Waals surface area contributed by atoms with Crippen molar-refractivity contribution in [1.29, 1.82) is 0 Å². The van der Waals surface area contributed by atoms with Crippen LogP contribution in [0.15, 0.2) is 47.1 Å². The summed E-state index contributed by atoms with van der Waals surface area (Å²) in [5.41, 5.74) is 4.02. The summed E-state index contributed by atoms with van der Waals surface area (Å²) in [5, 5.41) is 0. The Morgan fingerprint density at radius 2 is 1.85 bits per heavy atom. The van der Waals surface area contributed by atoms with Gasteiger partial charge in [-0.1, -0.05) is 41.0 Å². The van der Waals surface area contributed by atoms with Gasteiger partial charge in [-0.05, 0) is 51.2 Å². The third-order valence-corrected chi connectivity index (χ3v) is 4.00. The Morgan fingerprint density at radius 1 is 1.15 bits per heavy atom. The minimum atomic E-state index is -4.26. The molecule has 1 aliphatic rings. The summed E-state index contributed by atoms with van der Waals surface area (Å²) in [6.45, 7) is 6.22. The van der Waals surface area contributed by atoms with Crippen molar-refractivity contribution in [3.05, 3.63) is 58.2 Å². The first-order valence-electron chi connectivity index (χ1n) is 6.78. The molecule has 1 aromatic carbocycles. The van der Waals surface area contributed by atoms with E-state index in [2.05, 4.69) is 26.8 Å². The number of rotatable bonds is 2. The van der Waals surface area contributed by atoms with Gasteiger partial charge in [-0.2, -0.15) is 13.2 Å². The Morgan fingerprint density at radius 3 is 2.50 bits per heavy atom. The highest BCUT2D eigenvalue weighted by Crippen LogP contribution is 2.34. The van der Waals surface area contributed by atoms with Crippen LogP contribution in [0.5, 0.6) is 0 Å². The van der Waals surface area contributed by atoms with Crippen LogP contribution in [0.25, 0.3) is 0 Å². The second-order valence-electron chi connectivity index (χ2n) is 5.66. The maximum Gasteiger partial charge on any atom is 0.416 e. The van der Waals surface area contributed by atoms with E-state index in [-0.39, 0.29) is 0 Å². The number of alkyl halides is 3. The lowest BCUT2D eigenvalue weighted by molar-refractivity contribution is -0.137. The summed E-state index contributed by atoms with van der Waals surface area (Å²) in [6.07, 6.45) is -0.505. The van der Waals surface area contributed by atoms with Gasteiger partial charge in [-0.3, -0.25) is 0 Å². The fraction of sp³-hybridized carbons (Fsp3) is 0.412. The summed E-state index contributed by atoms with van der Waals surface area (Å²) >= 11 is 0. The monoisotopic (exact) mass is 280 g/mol. The molecule has 0 N–H and O–H groups in total. The van der Waals surface area contributed by atoms with Gasteiger partial charge in [0.05, 0.1) is 5.56 Å². The lowest BCUT2D eigenvalue weighted by Gasteiger charge is -2.24. The lowest BCUT2D eigenvalue weighted by Crippen LogP contribution is -2.13.